The minimum absolute atomic E-state index is 0.0750. The Hall–Kier alpha value is -2.69. The second-order valence-corrected chi connectivity index (χ2v) is 4.56. The third kappa shape index (κ3) is 4.14. The van der Waals surface area contributed by atoms with E-state index in [1.54, 1.807) is 36.4 Å². The van der Waals surface area contributed by atoms with Crippen LogP contribution in [-0.4, -0.2) is 17.0 Å². The number of nitrogens with one attached hydrogen (secondary N) is 1. The molecule has 0 aliphatic rings. The summed E-state index contributed by atoms with van der Waals surface area (Å²) in [4.78, 5) is 23.2. The topological polar surface area (TPSA) is 66.4 Å². The van der Waals surface area contributed by atoms with E-state index in [1.165, 1.54) is 18.2 Å². The Bertz CT molecular complexity index is 643. The van der Waals surface area contributed by atoms with E-state index in [1.807, 2.05) is 0 Å². The van der Waals surface area contributed by atoms with E-state index in [0.29, 0.717) is 11.1 Å². The number of carbonyl (C=O) groups excluding carboxylic acids is 1. The largest absolute Gasteiger partial charge is 0.479 e. The summed E-state index contributed by atoms with van der Waals surface area (Å²) in [6.45, 7) is 0. The Balaban J connectivity index is 2.07. The second kappa shape index (κ2) is 6.65. The summed E-state index contributed by atoms with van der Waals surface area (Å²) in [5.74, 6) is -2.05. The maximum absolute atomic E-state index is 13.0. The summed E-state index contributed by atoms with van der Waals surface area (Å²) in [6, 6.07) is 12.9. The Morgan fingerprint density at radius 1 is 1.10 bits per heavy atom. The zero-order valence-electron chi connectivity index (χ0n) is 11.1. The molecule has 2 aromatic carbocycles. The minimum atomic E-state index is -1.14. The van der Waals surface area contributed by atoms with Gasteiger partial charge in [-0.3, -0.25) is 4.79 Å². The van der Waals surface area contributed by atoms with Crippen molar-refractivity contribution in [3.8, 4) is 0 Å². The molecular weight excluding hydrogens is 273 g/mol. The standard InChI is InChI=1S/C16H14FNO3/c17-13-8-4-5-11(9-13)10-14(19)18-15(16(20)21)12-6-2-1-3-7-12/h1-9,15H,10H2,(H,18,19)(H,20,21). The van der Waals surface area contributed by atoms with Gasteiger partial charge in [0.15, 0.2) is 6.04 Å². The Morgan fingerprint density at radius 3 is 2.43 bits per heavy atom. The zero-order valence-corrected chi connectivity index (χ0v) is 11.1. The van der Waals surface area contributed by atoms with Crippen LogP contribution in [0, 0.1) is 5.82 Å². The van der Waals surface area contributed by atoms with Crippen LogP contribution in [0.2, 0.25) is 0 Å². The van der Waals surface area contributed by atoms with Crippen LogP contribution in [0.3, 0.4) is 0 Å². The molecule has 0 aromatic heterocycles. The van der Waals surface area contributed by atoms with Crippen molar-refractivity contribution in [1.82, 2.24) is 5.32 Å². The number of halogens is 1. The third-order valence-corrected chi connectivity index (χ3v) is 2.94. The molecule has 0 aliphatic carbocycles. The number of hydrogen-bond donors (Lipinski definition) is 2. The Labute approximate surface area is 121 Å². The Kier molecular flexibility index (Phi) is 4.66. The van der Waals surface area contributed by atoms with E-state index in [-0.39, 0.29) is 6.42 Å². The van der Waals surface area contributed by atoms with Crippen molar-refractivity contribution in [2.75, 3.05) is 0 Å². The summed E-state index contributed by atoms with van der Waals surface area (Å²) in [7, 11) is 0. The average molecular weight is 287 g/mol. The smallest absolute Gasteiger partial charge is 0.330 e. The van der Waals surface area contributed by atoms with Gasteiger partial charge < -0.3 is 10.4 Å². The van der Waals surface area contributed by atoms with Gasteiger partial charge in [0.05, 0.1) is 6.42 Å². The molecule has 0 fully saturated rings. The quantitative estimate of drug-likeness (QED) is 0.887. The van der Waals surface area contributed by atoms with Gasteiger partial charge in [0.1, 0.15) is 5.82 Å². The van der Waals surface area contributed by atoms with Crippen molar-refractivity contribution in [3.05, 3.63) is 71.5 Å². The fourth-order valence-corrected chi connectivity index (χ4v) is 1.98. The number of hydrogen-bond acceptors (Lipinski definition) is 2. The van der Waals surface area contributed by atoms with Gasteiger partial charge in [-0.2, -0.15) is 0 Å². The molecular formula is C16H14FNO3. The lowest BCUT2D eigenvalue weighted by Crippen LogP contribution is -2.34. The molecule has 21 heavy (non-hydrogen) atoms. The maximum atomic E-state index is 13.0. The van der Waals surface area contributed by atoms with Crippen LogP contribution < -0.4 is 5.32 Å². The summed E-state index contributed by atoms with van der Waals surface area (Å²) in [5.41, 5.74) is 0.974. The highest BCUT2D eigenvalue weighted by Crippen LogP contribution is 2.13. The number of aliphatic carboxylic acids is 1. The lowest BCUT2D eigenvalue weighted by molar-refractivity contribution is -0.141. The van der Waals surface area contributed by atoms with Crippen LogP contribution in [0.25, 0.3) is 0 Å². The van der Waals surface area contributed by atoms with Crippen molar-refractivity contribution < 1.29 is 19.1 Å². The van der Waals surface area contributed by atoms with Crippen LogP contribution in [0.5, 0.6) is 0 Å². The van der Waals surface area contributed by atoms with Gasteiger partial charge in [0.2, 0.25) is 5.91 Å². The molecule has 5 heteroatoms. The lowest BCUT2D eigenvalue weighted by Gasteiger charge is -2.15. The average Bonchev–Trinajstić information content (AvgIpc) is 2.45. The minimum Gasteiger partial charge on any atom is -0.479 e. The predicted molar refractivity (Wildman–Crippen MR) is 75.1 cm³/mol. The van der Waals surface area contributed by atoms with Gasteiger partial charge in [-0.05, 0) is 23.3 Å². The summed E-state index contributed by atoms with van der Waals surface area (Å²) < 4.78 is 13.0. The van der Waals surface area contributed by atoms with Crippen molar-refractivity contribution in [2.45, 2.75) is 12.5 Å². The second-order valence-electron chi connectivity index (χ2n) is 4.56. The first-order valence-corrected chi connectivity index (χ1v) is 6.38. The molecule has 0 heterocycles. The molecule has 0 bridgehead atoms. The molecule has 1 amide bonds. The molecule has 0 aliphatic heterocycles. The molecule has 0 radical (unpaired) electrons. The summed E-state index contributed by atoms with van der Waals surface area (Å²) >= 11 is 0. The van der Waals surface area contributed by atoms with Crippen LogP contribution in [0.15, 0.2) is 54.6 Å². The molecule has 0 saturated carbocycles. The number of rotatable bonds is 5. The van der Waals surface area contributed by atoms with E-state index < -0.39 is 23.7 Å². The zero-order chi connectivity index (χ0) is 15.2. The van der Waals surface area contributed by atoms with Crippen molar-refractivity contribution in [3.63, 3.8) is 0 Å². The van der Waals surface area contributed by atoms with E-state index in [2.05, 4.69) is 5.32 Å². The van der Waals surface area contributed by atoms with Crippen molar-refractivity contribution in [1.29, 1.82) is 0 Å². The predicted octanol–water partition coefficient (Wildman–Crippen LogP) is 2.31. The first-order valence-electron chi connectivity index (χ1n) is 6.38. The van der Waals surface area contributed by atoms with Crippen molar-refractivity contribution in [2.24, 2.45) is 0 Å². The van der Waals surface area contributed by atoms with Gasteiger partial charge in [0, 0.05) is 0 Å². The highest BCUT2D eigenvalue weighted by molar-refractivity contribution is 5.85. The molecule has 2 rings (SSSR count). The van der Waals surface area contributed by atoms with E-state index in [4.69, 9.17) is 0 Å². The number of amides is 1. The van der Waals surface area contributed by atoms with E-state index in [9.17, 15) is 19.1 Å². The molecule has 2 aromatic rings. The molecule has 4 nitrogen and oxygen atoms in total. The molecule has 0 spiro atoms. The van der Waals surface area contributed by atoms with E-state index in [0.717, 1.165) is 0 Å². The molecule has 1 unspecified atom stereocenters. The summed E-state index contributed by atoms with van der Waals surface area (Å²) in [6.07, 6.45) is -0.0750. The first-order chi connectivity index (χ1) is 10.1. The van der Waals surface area contributed by atoms with Gasteiger partial charge in [-0.1, -0.05) is 42.5 Å². The summed E-state index contributed by atoms with van der Waals surface area (Å²) in [5, 5.41) is 11.7. The molecule has 1 atom stereocenters. The van der Waals surface area contributed by atoms with Crippen LogP contribution in [0.1, 0.15) is 17.2 Å². The fourth-order valence-electron chi connectivity index (χ4n) is 1.98. The maximum Gasteiger partial charge on any atom is 0.330 e. The van der Waals surface area contributed by atoms with Gasteiger partial charge in [-0.15, -0.1) is 0 Å². The van der Waals surface area contributed by atoms with Crippen LogP contribution in [0.4, 0.5) is 4.39 Å². The Morgan fingerprint density at radius 2 is 1.81 bits per heavy atom. The van der Waals surface area contributed by atoms with Crippen LogP contribution in [-0.2, 0) is 16.0 Å². The number of carboxylic acid groups (broad SMARTS) is 1. The van der Waals surface area contributed by atoms with Crippen molar-refractivity contribution >= 4 is 11.9 Å². The molecule has 108 valence electrons. The van der Waals surface area contributed by atoms with E-state index >= 15 is 0 Å². The molecule has 0 saturated heterocycles. The van der Waals surface area contributed by atoms with Gasteiger partial charge in [-0.25, -0.2) is 9.18 Å². The highest BCUT2D eigenvalue weighted by atomic mass is 19.1. The number of carbonyl (C=O) groups is 2. The third-order valence-electron chi connectivity index (χ3n) is 2.94. The number of carboxylic acids is 1. The van der Waals surface area contributed by atoms with Crippen LogP contribution >= 0.6 is 0 Å². The fraction of sp³-hybridized carbons (Fsp3) is 0.125. The normalized spacial score (nSPS) is 11.7. The lowest BCUT2D eigenvalue weighted by atomic mass is 10.1. The highest BCUT2D eigenvalue weighted by Gasteiger charge is 2.21. The van der Waals surface area contributed by atoms with Gasteiger partial charge >= 0.3 is 5.97 Å². The number of benzene rings is 2. The SMILES string of the molecule is O=C(Cc1cccc(F)c1)NC(C(=O)O)c1ccccc1. The molecule has 2 N–H and O–H groups in total. The monoisotopic (exact) mass is 287 g/mol. The van der Waals surface area contributed by atoms with Gasteiger partial charge in [0.25, 0.3) is 0 Å². The first kappa shape index (κ1) is 14.7.